The summed E-state index contributed by atoms with van der Waals surface area (Å²) in [5, 5.41) is 0. The SMILES string of the molecule is CC(N)C(Oc1ccc(C(F)(F)F)cc1)C(C)(C)C. The lowest BCUT2D eigenvalue weighted by atomic mass is 9.85. The van der Waals surface area contributed by atoms with Crippen LogP contribution in [0.5, 0.6) is 5.75 Å². The van der Waals surface area contributed by atoms with Gasteiger partial charge in [0.2, 0.25) is 0 Å². The fourth-order valence-electron chi connectivity index (χ4n) is 1.94. The molecule has 0 saturated carbocycles. The number of halogens is 3. The maximum absolute atomic E-state index is 12.4. The molecule has 2 unspecified atom stereocenters. The Morgan fingerprint density at radius 2 is 1.53 bits per heavy atom. The van der Waals surface area contributed by atoms with Crippen molar-refractivity contribution in [3.05, 3.63) is 29.8 Å². The van der Waals surface area contributed by atoms with Crippen LogP contribution >= 0.6 is 0 Å². The molecule has 0 amide bonds. The van der Waals surface area contributed by atoms with E-state index in [2.05, 4.69) is 0 Å². The zero-order valence-corrected chi connectivity index (χ0v) is 11.6. The van der Waals surface area contributed by atoms with Gasteiger partial charge in [-0.1, -0.05) is 20.8 Å². The van der Waals surface area contributed by atoms with Crippen molar-refractivity contribution in [3.8, 4) is 5.75 Å². The van der Waals surface area contributed by atoms with E-state index in [0.29, 0.717) is 5.75 Å². The predicted molar refractivity (Wildman–Crippen MR) is 69.0 cm³/mol. The Labute approximate surface area is 111 Å². The summed E-state index contributed by atoms with van der Waals surface area (Å²) in [4.78, 5) is 0. The van der Waals surface area contributed by atoms with Crippen molar-refractivity contribution in [2.24, 2.45) is 11.1 Å². The van der Waals surface area contributed by atoms with E-state index < -0.39 is 11.7 Å². The molecule has 0 aliphatic carbocycles. The Hall–Kier alpha value is -1.23. The van der Waals surface area contributed by atoms with Gasteiger partial charge in [-0.05, 0) is 31.2 Å². The first kappa shape index (κ1) is 15.8. The Bertz CT molecular complexity index is 404. The van der Waals surface area contributed by atoms with Crippen molar-refractivity contribution in [3.63, 3.8) is 0 Å². The molecule has 0 spiro atoms. The van der Waals surface area contributed by atoms with Gasteiger partial charge in [-0.3, -0.25) is 0 Å². The lowest BCUT2D eigenvalue weighted by Crippen LogP contribution is -2.45. The van der Waals surface area contributed by atoms with Gasteiger partial charge < -0.3 is 10.5 Å². The van der Waals surface area contributed by atoms with E-state index in [4.69, 9.17) is 10.5 Å². The minimum Gasteiger partial charge on any atom is -0.488 e. The van der Waals surface area contributed by atoms with Gasteiger partial charge in [0.25, 0.3) is 0 Å². The fraction of sp³-hybridized carbons (Fsp3) is 0.571. The zero-order chi connectivity index (χ0) is 14.8. The first-order valence-electron chi connectivity index (χ1n) is 6.11. The Balaban J connectivity index is 2.88. The quantitative estimate of drug-likeness (QED) is 0.909. The van der Waals surface area contributed by atoms with Crippen molar-refractivity contribution in [2.75, 3.05) is 0 Å². The first-order chi connectivity index (χ1) is 8.51. The lowest BCUT2D eigenvalue weighted by Gasteiger charge is -2.34. The summed E-state index contributed by atoms with van der Waals surface area (Å²) in [5.74, 6) is 0.394. The Morgan fingerprint density at radius 1 is 1.05 bits per heavy atom. The second kappa shape index (κ2) is 5.41. The average molecular weight is 275 g/mol. The van der Waals surface area contributed by atoms with Crippen molar-refractivity contribution in [1.82, 2.24) is 0 Å². The monoisotopic (exact) mass is 275 g/mol. The van der Waals surface area contributed by atoms with Gasteiger partial charge in [-0.25, -0.2) is 0 Å². The molecule has 0 heterocycles. The highest BCUT2D eigenvalue weighted by atomic mass is 19.4. The fourth-order valence-corrected chi connectivity index (χ4v) is 1.94. The van der Waals surface area contributed by atoms with E-state index in [0.717, 1.165) is 12.1 Å². The molecule has 0 radical (unpaired) electrons. The second-order valence-corrected chi connectivity index (χ2v) is 5.79. The van der Waals surface area contributed by atoms with Crippen LogP contribution in [0.3, 0.4) is 0 Å². The molecule has 108 valence electrons. The van der Waals surface area contributed by atoms with Crippen LogP contribution in [-0.4, -0.2) is 12.1 Å². The van der Waals surface area contributed by atoms with Gasteiger partial charge in [0.05, 0.1) is 5.56 Å². The average Bonchev–Trinajstić information content (AvgIpc) is 2.23. The van der Waals surface area contributed by atoms with Crippen LogP contribution in [0.15, 0.2) is 24.3 Å². The summed E-state index contributed by atoms with van der Waals surface area (Å²) in [6, 6.07) is 4.45. The first-order valence-corrected chi connectivity index (χ1v) is 6.11. The molecule has 0 bridgehead atoms. The van der Waals surface area contributed by atoms with Crippen LogP contribution in [0, 0.1) is 5.41 Å². The molecule has 2 atom stereocenters. The highest BCUT2D eigenvalue weighted by molar-refractivity contribution is 5.29. The highest BCUT2D eigenvalue weighted by Gasteiger charge is 2.32. The second-order valence-electron chi connectivity index (χ2n) is 5.79. The Kier molecular flexibility index (Phi) is 4.50. The molecule has 0 aliphatic heterocycles. The summed E-state index contributed by atoms with van der Waals surface area (Å²) in [6.07, 6.45) is -4.60. The molecule has 0 aliphatic rings. The molecule has 19 heavy (non-hydrogen) atoms. The third-order valence-corrected chi connectivity index (χ3v) is 2.78. The minimum absolute atomic E-state index is 0.198. The van der Waals surface area contributed by atoms with Gasteiger partial charge >= 0.3 is 6.18 Å². The largest absolute Gasteiger partial charge is 0.488 e. The molecular weight excluding hydrogens is 255 g/mol. The van der Waals surface area contributed by atoms with Gasteiger partial charge in [0.15, 0.2) is 0 Å². The van der Waals surface area contributed by atoms with Crippen molar-refractivity contribution >= 4 is 0 Å². The highest BCUT2D eigenvalue weighted by Crippen LogP contribution is 2.32. The van der Waals surface area contributed by atoms with Gasteiger partial charge in [0.1, 0.15) is 11.9 Å². The summed E-state index contributed by atoms with van der Waals surface area (Å²) < 4.78 is 43.0. The van der Waals surface area contributed by atoms with E-state index in [1.165, 1.54) is 12.1 Å². The number of hydrogen-bond acceptors (Lipinski definition) is 2. The summed E-state index contributed by atoms with van der Waals surface area (Å²) >= 11 is 0. The van der Waals surface area contributed by atoms with Gasteiger partial charge in [0, 0.05) is 11.5 Å². The number of nitrogens with two attached hydrogens (primary N) is 1. The van der Waals surface area contributed by atoms with E-state index in [1.54, 1.807) is 0 Å². The van der Waals surface area contributed by atoms with Crippen LogP contribution < -0.4 is 10.5 Å². The smallest absolute Gasteiger partial charge is 0.416 e. The van der Waals surface area contributed by atoms with Gasteiger partial charge in [-0.15, -0.1) is 0 Å². The third-order valence-electron chi connectivity index (χ3n) is 2.78. The van der Waals surface area contributed by atoms with Crippen molar-refractivity contribution in [2.45, 2.75) is 46.0 Å². The number of rotatable bonds is 3. The minimum atomic E-state index is -4.33. The van der Waals surface area contributed by atoms with Gasteiger partial charge in [-0.2, -0.15) is 13.2 Å². The molecule has 1 aromatic rings. The topological polar surface area (TPSA) is 35.2 Å². The Morgan fingerprint density at radius 3 is 1.84 bits per heavy atom. The molecule has 5 heteroatoms. The number of hydrogen-bond donors (Lipinski definition) is 1. The maximum Gasteiger partial charge on any atom is 0.416 e. The molecule has 1 rings (SSSR count). The molecular formula is C14H20F3NO. The summed E-state index contributed by atoms with van der Waals surface area (Å²) in [7, 11) is 0. The molecule has 0 fully saturated rings. The maximum atomic E-state index is 12.4. The van der Waals surface area contributed by atoms with E-state index >= 15 is 0 Å². The van der Waals surface area contributed by atoms with Crippen LogP contribution in [0.25, 0.3) is 0 Å². The lowest BCUT2D eigenvalue weighted by molar-refractivity contribution is -0.137. The number of benzene rings is 1. The molecule has 2 N–H and O–H groups in total. The van der Waals surface area contributed by atoms with Crippen molar-refractivity contribution < 1.29 is 17.9 Å². The normalized spacial score (nSPS) is 16.0. The predicted octanol–water partition coefficient (Wildman–Crippen LogP) is 3.85. The van der Waals surface area contributed by atoms with Crippen LogP contribution in [-0.2, 0) is 6.18 Å². The van der Waals surface area contributed by atoms with E-state index in [1.807, 2.05) is 27.7 Å². The summed E-state index contributed by atoms with van der Waals surface area (Å²) in [6.45, 7) is 7.75. The van der Waals surface area contributed by atoms with Crippen LogP contribution in [0.1, 0.15) is 33.3 Å². The number of alkyl halides is 3. The molecule has 1 aromatic carbocycles. The zero-order valence-electron chi connectivity index (χ0n) is 11.6. The molecule has 2 nitrogen and oxygen atoms in total. The van der Waals surface area contributed by atoms with Crippen LogP contribution in [0.2, 0.25) is 0 Å². The van der Waals surface area contributed by atoms with E-state index in [9.17, 15) is 13.2 Å². The summed E-state index contributed by atoms with van der Waals surface area (Å²) in [5.41, 5.74) is 4.98. The third kappa shape index (κ3) is 4.42. The number of ether oxygens (including phenoxy) is 1. The van der Waals surface area contributed by atoms with E-state index in [-0.39, 0.29) is 17.6 Å². The van der Waals surface area contributed by atoms with Crippen molar-refractivity contribution in [1.29, 1.82) is 0 Å². The standard InChI is InChI=1S/C14H20F3NO/c1-9(18)12(13(2,3)4)19-11-7-5-10(6-8-11)14(15,16)17/h5-9,12H,18H2,1-4H3. The van der Waals surface area contributed by atoms with Crippen LogP contribution in [0.4, 0.5) is 13.2 Å². The molecule has 0 aromatic heterocycles. The molecule has 0 saturated heterocycles.